The summed E-state index contributed by atoms with van der Waals surface area (Å²) >= 11 is 6.23. The monoisotopic (exact) mass is 351 g/mol. The molecular weight excluding hydrogens is 338 g/mol. The summed E-state index contributed by atoms with van der Waals surface area (Å²) < 4.78 is 4.96. The van der Waals surface area contributed by atoms with E-state index in [9.17, 15) is 14.4 Å². The van der Waals surface area contributed by atoms with Crippen molar-refractivity contribution < 1.29 is 24.2 Å². The molecule has 0 saturated carbocycles. The highest BCUT2D eigenvalue weighted by Gasteiger charge is 2.31. The zero-order chi connectivity index (χ0) is 17.0. The number of carbonyl (C=O) groups excluding carboxylic acids is 2. The van der Waals surface area contributed by atoms with Crippen molar-refractivity contribution in [1.82, 2.24) is 4.90 Å². The van der Waals surface area contributed by atoms with Crippen LogP contribution in [0, 0.1) is 0 Å². The Hall–Kier alpha value is -2.19. The molecule has 1 aromatic carbocycles. The van der Waals surface area contributed by atoms with E-state index in [1.807, 2.05) is 0 Å². The minimum Gasteiger partial charge on any atom is -0.481 e. The van der Waals surface area contributed by atoms with Gasteiger partial charge in [0.15, 0.2) is 0 Å². The molecule has 0 atom stereocenters. The van der Waals surface area contributed by atoms with Crippen molar-refractivity contribution in [2.75, 3.05) is 13.7 Å². The van der Waals surface area contributed by atoms with Gasteiger partial charge in [0.1, 0.15) is 4.32 Å². The van der Waals surface area contributed by atoms with Crippen LogP contribution in [0.25, 0.3) is 6.08 Å². The largest absolute Gasteiger partial charge is 0.481 e. The van der Waals surface area contributed by atoms with Gasteiger partial charge in [0.2, 0.25) is 0 Å². The van der Waals surface area contributed by atoms with E-state index < -0.39 is 11.9 Å². The lowest BCUT2D eigenvalue weighted by molar-refractivity contribution is -0.137. The Morgan fingerprint density at radius 1 is 1.35 bits per heavy atom. The summed E-state index contributed by atoms with van der Waals surface area (Å²) in [4.78, 5) is 35.9. The Morgan fingerprint density at radius 3 is 2.57 bits per heavy atom. The molecule has 6 nitrogen and oxygen atoms in total. The van der Waals surface area contributed by atoms with Gasteiger partial charge < -0.3 is 9.84 Å². The molecular formula is C15H13NO5S2. The summed E-state index contributed by atoms with van der Waals surface area (Å²) in [7, 11) is 1.30. The Kier molecular flexibility index (Phi) is 5.51. The number of amides is 1. The van der Waals surface area contributed by atoms with Crippen LogP contribution in [0.15, 0.2) is 29.2 Å². The van der Waals surface area contributed by atoms with Crippen LogP contribution < -0.4 is 0 Å². The van der Waals surface area contributed by atoms with Gasteiger partial charge in [0.25, 0.3) is 5.91 Å². The van der Waals surface area contributed by atoms with Gasteiger partial charge in [0, 0.05) is 6.54 Å². The average Bonchev–Trinajstić information content (AvgIpc) is 2.79. The van der Waals surface area contributed by atoms with Gasteiger partial charge in [-0.3, -0.25) is 14.5 Å². The molecule has 1 aromatic rings. The van der Waals surface area contributed by atoms with E-state index in [1.54, 1.807) is 30.3 Å². The second kappa shape index (κ2) is 7.38. The number of rotatable bonds is 5. The van der Waals surface area contributed by atoms with Gasteiger partial charge in [-0.1, -0.05) is 36.1 Å². The molecule has 0 aliphatic carbocycles. The minimum atomic E-state index is -0.985. The number of aliphatic carboxylic acids is 1. The summed E-state index contributed by atoms with van der Waals surface area (Å²) in [5.41, 5.74) is 1.15. The quantitative estimate of drug-likeness (QED) is 0.494. The van der Waals surface area contributed by atoms with Gasteiger partial charge in [-0.25, -0.2) is 4.79 Å². The summed E-state index contributed by atoms with van der Waals surface area (Å²) in [5.74, 6) is -1.73. The first-order valence-corrected chi connectivity index (χ1v) is 7.80. The van der Waals surface area contributed by atoms with Gasteiger partial charge >= 0.3 is 11.9 Å². The first kappa shape index (κ1) is 17.2. The van der Waals surface area contributed by atoms with Crippen LogP contribution in [0.3, 0.4) is 0 Å². The maximum Gasteiger partial charge on any atom is 0.337 e. The molecule has 1 N–H and O–H groups in total. The van der Waals surface area contributed by atoms with Crippen LogP contribution in [-0.4, -0.2) is 45.8 Å². The Balaban J connectivity index is 2.14. The highest BCUT2D eigenvalue weighted by molar-refractivity contribution is 8.26. The van der Waals surface area contributed by atoms with Gasteiger partial charge in [0.05, 0.1) is 24.0 Å². The number of thiocarbonyl (C=S) groups is 1. The normalized spacial score (nSPS) is 16.0. The van der Waals surface area contributed by atoms with Crippen LogP contribution in [0.1, 0.15) is 22.3 Å². The van der Waals surface area contributed by atoms with E-state index >= 15 is 0 Å². The van der Waals surface area contributed by atoms with Gasteiger partial charge in [-0.2, -0.15) is 0 Å². The smallest absolute Gasteiger partial charge is 0.337 e. The average molecular weight is 351 g/mol. The lowest BCUT2D eigenvalue weighted by atomic mass is 10.1. The molecule has 8 heteroatoms. The molecule has 0 spiro atoms. The highest BCUT2D eigenvalue weighted by Crippen LogP contribution is 2.32. The van der Waals surface area contributed by atoms with E-state index in [1.165, 1.54) is 12.0 Å². The topological polar surface area (TPSA) is 83.9 Å². The molecule has 0 bridgehead atoms. The number of carbonyl (C=O) groups is 3. The first-order valence-electron chi connectivity index (χ1n) is 6.58. The number of thioether (sulfide) groups is 1. The summed E-state index contributed by atoms with van der Waals surface area (Å²) in [6.45, 7) is 0.0542. The molecule has 1 fully saturated rings. The van der Waals surface area contributed by atoms with Crippen molar-refractivity contribution in [3.63, 3.8) is 0 Å². The lowest BCUT2D eigenvalue weighted by Crippen LogP contribution is -2.30. The van der Waals surface area contributed by atoms with Crippen molar-refractivity contribution in [1.29, 1.82) is 0 Å². The fourth-order valence-electron chi connectivity index (χ4n) is 1.88. The van der Waals surface area contributed by atoms with Crippen LogP contribution in [-0.2, 0) is 14.3 Å². The summed E-state index contributed by atoms with van der Waals surface area (Å²) in [6, 6.07) is 6.58. The number of hydrogen-bond acceptors (Lipinski definition) is 6. The number of carboxylic acid groups (broad SMARTS) is 1. The molecule has 0 radical (unpaired) electrons. The van der Waals surface area contributed by atoms with E-state index in [0.717, 1.165) is 17.3 Å². The first-order chi connectivity index (χ1) is 10.9. The van der Waals surface area contributed by atoms with E-state index in [0.29, 0.717) is 14.8 Å². The molecule has 0 aromatic heterocycles. The minimum absolute atomic E-state index is 0.0542. The molecule has 1 saturated heterocycles. The maximum absolute atomic E-state index is 12.2. The van der Waals surface area contributed by atoms with E-state index in [2.05, 4.69) is 4.74 Å². The predicted octanol–water partition coefficient (Wildman–Crippen LogP) is 2.15. The SMILES string of the molecule is COC(=O)c1ccc(/C=C2/SC(=S)N(CCC(=O)O)C2=O)cc1. The fraction of sp³-hybridized carbons (Fsp3) is 0.200. The van der Waals surface area contributed by atoms with Crippen LogP contribution >= 0.6 is 24.0 Å². The predicted molar refractivity (Wildman–Crippen MR) is 89.9 cm³/mol. The number of hydrogen-bond donors (Lipinski definition) is 1. The lowest BCUT2D eigenvalue weighted by Gasteiger charge is -2.12. The molecule has 2 rings (SSSR count). The Labute approximate surface area is 142 Å². The van der Waals surface area contributed by atoms with Crippen molar-refractivity contribution in [2.45, 2.75) is 6.42 Å². The Bertz CT molecular complexity index is 696. The molecule has 0 unspecified atom stereocenters. The van der Waals surface area contributed by atoms with Crippen molar-refractivity contribution in [3.8, 4) is 0 Å². The highest BCUT2D eigenvalue weighted by atomic mass is 32.2. The van der Waals surface area contributed by atoms with Crippen molar-refractivity contribution in [2.24, 2.45) is 0 Å². The van der Waals surface area contributed by atoms with Crippen LogP contribution in [0.5, 0.6) is 0 Å². The third-order valence-corrected chi connectivity index (χ3v) is 4.43. The zero-order valence-electron chi connectivity index (χ0n) is 12.1. The zero-order valence-corrected chi connectivity index (χ0v) is 13.8. The number of methoxy groups -OCH3 is 1. The molecule has 1 amide bonds. The van der Waals surface area contributed by atoms with Crippen molar-refractivity contribution >= 4 is 52.2 Å². The molecule has 23 heavy (non-hydrogen) atoms. The van der Waals surface area contributed by atoms with Crippen molar-refractivity contribution in [3.05, 3.63) is 40.3 Å². The molecule has 1 heterocycles. The summed E-state index contributed by atoms with van der Waals surface area (Å²) in [5, 5.41) is 8.70. The number of ether oxygens (including phenoxy) is 1. The second-order valence-electron chi connectivity index (χ2n) is 4.59. The second-order valence-corrected chi connectivity index (χ2v) is 6.27. The number of esters is 1. The Morgan fingerprint density at radius 2 is 2.00 bits per heavy atom. The number of carboxylic acids is 1. The van der Waals surface area contributed by atoms with E-state index in [-0.39, 0.29) is 18.9 Å². The number of nitrogens with zero attached hydrogens (tertiary/aromatic N) is 1. The van der Waals surface area contributed by atoms with Gasteiger partial charge in [-0.15, -0.1) is 0 Å². The van der Waals surface area contributed by atoms with Crippen LogP contribution in [0.4, 0.5) is 0 Å². The third kappa shape index (κ3) is 4.17. The third-order valence-electron chi connectivity index (χ3n) is 3.05. The maximum atomic E-state index is 12.2. The fourth-order valence-corrected chi connectivity index (χ4v) is 3.19. The standard InChI is InChI=1S/C15H13NO5S2/c1-21-14(20)10-4-2-9(3-5-10)8-11-13(19)16(15(22)23-11)7-6-12(17)18/h2-5,8H,6-7H2,1H3,(H,17,18)/b11-8+. The van der Waals surface area contributed by atoms with Crippen LogP contribution in [0.2, 0.25) is 0 Å². The molecule has 120 valence electrons. The van der Waals surface area contributed by atoms with E-state index in [4.69, 9.17) is 17.3 Å². The van der Waals surface area contributed by atoms with Gasteiger partial charge in [-0.05, 0) is 23.8 Å². The molecule has 1 aliphatic rings. The number of benzene rings is 1. The summed E-state index contributed by atoms with van der Waals surface area (Å²) in [6.07, 6.45) is 1.49. The molecule has 1 aliphatic heterocycles.